The van der Waals surface area contributed by atoms with E-state index >= 15 is 0 Å². The molecule has 4 rings (SSSR count). The van der Waals surface area contributed by atoms with Crippen LogP contribution in [0.5, 0.6) is 11.5 Å². The van der Waals surface area contributed by atoms with E-state index in [1.807, 2.05) is 48.5 Å². The molecule has 0 spiro atoms. The fraction of sp³-hybridized carbons (Fsp3) is 0.227. The van der Waals surface area contributed by atoms with Gasteiger partial charge in [-0.25, -0.2) is 9.78 Å². The Labute approximate surface area is 187 Å². The number of hydrogen-bond donors (Lipinski definition) is 1. The molecule has 2 aromatic carbocycles. The third-order valence-corrected chi connectivity index (χ3v) is 6.21. The van der Waals surface area contributed by atoms with Gasteiger partial charge in [-0.05, 0) is 25.1 Å². The maximum absolute atomic E-state index is 12.5. The van der Waals surface area contributed by atoms with Gasteiger partial charge in [0, 0.05) is 10.5 Å². The number of nitrogens with one attached hydrogen (secondary N) is 1. The fourth-order valence-corrected chi connectivity index (χ4v) is 4.54. The number of carbonyl (C=O) groups is 2. The standard InChI is InChI=1S/C22H20N2O5S2/c1-2-27-21(26)20-19(14-6-4-3-5-7-14)24-22(31-20)23-18(25)13-30-15-8-9-16-17(12-15)29-11-10-28-16/h3-9,12H,2,10-11,13H2,1H3,(H,23,24,25). The van der Waals surface area contributed by atoms with Crippen LogP contribution in [0.2, 0.25) is 0 Å². The van der Waals surface area contributed by atoms with Crippen molar-refractivity contribution in [3.63, 3.8) is 0 Å². The van der Waals surface area contributed by atoms with Crippen molar-refractivity contribution in [3.05, 3.63) is 53.4 Å². The maximum atomic E-state index is 12.5. The molecule has 0 atom stereocenters. The van der Waals surface area contributed by atoms with Crippen molar-refractivity contribution in [2.45, 2.75) is 11.8 Å². The molecule has 0 bridgehead atoms. The van der Waals surface area contributed by atoms with Crippen LogP contribution in [-0.2, 0) is 9.53 Å². The Morgan fingerprint density at radius 1 is 1.13 bits per heavy atom. The van der Waals surface area contributed by atoms with Gasteiger partial charge in [-0.2, -0.15) is 0 Å². The molecule has 0 saturated carbocycles. The van der Waals surface area contributed by atoms with Gasteiger partial charge in [0.2, 0.25) is 5.91 Å². The molecule has 1 N–H and O–H groups in total. The lowest BCUT2D eigenvalue weighted by Gasteiger charge is -2.18. The first-order valence-corrected chi connectivity index (χ1v) is 11.5. The van der Waals surface area contributed by atoms with E-state index in [1.165, 1.54) is 11.8 Å². The van der Waals surface area contributed by atoms with Crippen molar-refractivity contribution in [3.8, 4) is 22.8 Å². The monoisotopic (exact) mass is 456 g/mol. The topological polar surface area (TPSA) is 86.8 Å². The van der Waals surface area contributed by atoms with Crippen molar-refractivity contribution >= 4 is 40.1 Å². The van der Waals surface area contributed by atoms with Crippen molar-refractivity contribution < 1.29 is 23.8 Å². The van der Waals surface area contributed by atoms with Gasteiger partial charge in [-0.15, -0.1) is 11.8 Å². The Bertz CT molecular complexity index is 1080. The molecule has 0 saturated heterocycles. The molecular weight excluding hydrogens is 436 g/mol. The number of aromatic nitrogens is 1. The Hall–Kier alpha value is -3.04. The summed E-state index contributed by atoms with van der Waals surface area (Å²) in [5.41, 5.74) is 1.28. The van der Waals surface area contributed by atoms with E-state index < -0.39 is 5.97 Å². The van der Waals surface area contributed by atoms with E-state index in [2.05, 4.69) is 10.3 Å². The van der Waals surface area contributed by atoms with Crippen LogP contribution in [0.1, 0.15) is 16.6 Å². The molecule has 1 aliphatic rings. The first kappa shape index (κ1) is 21.2. The van der Waals surface area contributed by atoms with Crippen molar-refractivity contribution in [2.75, 3.05) is 30.9 Å². The Balaban J connectivity index is 1.45. The lowest BCUT2D eigenvalue weighted by molar-refractivity contribution is -0.113. The molecule has 9 heteroatoms. The van der Waals surface area contributed by atoms with Crippen LogP contribution in [0.3, 0.4) is 0 Å². The highest BCUT2D eigenvalue weighted by molar-refractivity contribution is 8.00. The van der Waals surface area contributed by atoms with Gasteiger partial charge in [-0.1, -0.05) is 41.7 Å². The highest BCUT2D eigenvalue weighted by atomic mass is 32.2. The number of fused-ring (bicyclic) bond motifs is 1. The van der Waals surface area contributed by atoms with Crippen LogP contribution in [0.25, 0.3) is 11.3 Å². The first-order valence-electron chi connectivity index (χ1n) is 9.69. The average Bonchev–Trinajstić information content (AvgIpc) is 3.22. The summed E-state index contributed by atoms with van der Waals surface area (Å²) in [6, 6.07) is 14.9. The summed E-state index contributed by atoms with van der Waals surface area (Å²) in [7, 11) is 0. The number of amides is 1. The number of ether oxygens (including phenoxy) is 3. The smallest absolute Gasteiger partial charge is 0.350 e. The zero-order valence-corrected chi connectivity index (χ0v) is 18.4. The van der Waals surface area contributed by atoms with Crippen LogP contribution in [0.15, 0.2) is 53.4 Å². The minimum atomic E-state index is -0.454. The first-order chi connectivity index (χ1) is 15.1. The van der Waals surface area contributed by atoms with Gasteiger partial charge >= 0.3 is 5.97 Å². The third kappa shape index (κ3) is 5.18. The minimum Gasteiger partial charge on any atom is -0.486 e. The maximum Gasteiger partial charge on any atom is 0.350 e. The second-order valence-electron chi connectivity index (χ2n) is 6.43. The number of thioether (sulfide) groups is 1. The Morgan fingerprint density at radius 2 is 1.90 bits per heavy atom. The van der Waals surface area contributed by atoms with Gasteiger partial charge in [0.1, 0.15) is 18.1 Å². The van der Waals surface area contributed by atoms with Crippen molar-refractivity contribution in [1.29, 1.82) is 0 Å². The molecule has 2 heterocycles. The quantitative estimate of drug-likeness (QED) is 0.414. The van der Waals surface area contributed by atoms with Crippen LogP contribution in [0.4, 0.5) is 5.13 Å². The van der Waals surface area contributed by atoms with Crippen molar-refractivity contribution in [1.82, 2.24) is 4.98 Å². The molecule has 1 aromatic heterocycles. The average molecular weight is 457 g/mol. The highest BCUT2D eigenvalue weighted by Gasteiger charge is 2.21. The number of thiazole rings is 1. The van der Waals surface area contributed by atoms with E-state index in [0.29, 0.717) is 40.4 Å². The van der Waals surface area contributed by atoms with Gasteiger partial charge in [-0.3, -0.25) is 4.79 Å². The van der Waals surface area contributed by atoms with Crippen LogP contribution in [-0.4, -0.2) is 42.4 Å². The zero-order chi connectivity index (χ0) is 21.6. The molecule has 0 aliphatic carbocycles. The fourth-order valence-electron chi connectivity index (χ4n) is 2.92. The van der Waals surface area contributed by atoms with Crippen LogP contribution >= 0.6 is 23.1 Å². The second-order valence-corrected chi connectivity index (χ2v) is 8.47. The summed E-state index contributed by atoms with van der Waals surface area (Å²) in [5, 5.41) is 3.14. The second kappa shape index (κ2) is 9.84. The molecule has 7 nitrogen and oxygen atoms in total. The minimum absolute atomic E-state index is 0.189. The van der Waals surface area contributed by atoms with Crippen LogP contribution in [0, 0.1) is 0 Å². The van der Waals surface area contributed by atoms with E-state index in [9.17, 15) is 9.59 Å². The largest absolute Gasteiger partial charge is 0.486 e. The molecule has 0 unspecified atom stereocenters. The lowest BCUT2D eigenvalue weighted by Crippen LogP contribution is -2.15. The van der Waals surface area contributed by atoms with E-state index in [4.69, 9.17) is 14.2 Å². The summed E-state index contributed by atoms with van der Waals surface area (Å²) in [5.74, 6) is 0.911. The van der Waals surface area contributed by atoms with Crippen LogP contribution < -0.4 is 14.8 Å². The van der Waals surface area contributed by atoms with Crippen molar-refractivity contribution in [2.24, 2.45) is 0 Å². The molecule has 0 fully saturated rings. The normalized spacial score (nSPS) is 12.3. The highest BCUT2D eigenvalue weighted by Crippen LogP contribution is 2.35. The molecular formula is C22H20N2O5S2. The number of esters is 1. The van der Waals surface area contributed by atoms with Gasteiger partial charge in [0.05, 0.1) is 18.1 Å². The summed E-state index contributed by atoms with van der Waals surface area (Å²) < 4.78 is 16.2. The summed E-state index contributed by atoms with van der Waals surface area (Å²) in [6.45, 7) is 3.06. The SMILES string of the molecule is CCOC(=O)c1sc(NC(=O)CSc2ccc3c(c2)OCCO3)nc1-c1ccccc1. The Morgan fingerprint density at radius 3 is 2.68 bits per heavy atom. The predicted molar refractivity (Wildman–Crippen MR) is 120 cm³/mol. The number of carbonyl (C=O) groups excluding carboxylic acids is 2. The summed E-state index contributed by atoms with van der Waals surface area (Å²) in [6.07, 6.45) is 0. The Kier molecular flexibility index (Phi) is 6.73. The van der Waals surface area contributed by atoms with Gasteiger partial charge < -0.3 is 19.5 Å². The molecule has 0 radical (unpaired) electrons. The van der Waals surface area contributed by atoms with E-state index in [0.717, 1.165) is 21.8 Å². The zero-order valence-electron chi connectivity index (χ0n) is 16.8. The summed E-state index contributed by atoms with van der Waals surface area (Å²) >= 11 is 2.49. The number of benzene rings is 2. The van der Waals surface area contributed by atoms with Gasteiger partial charge in [0.15, 0.2) is 16.6 Å². The summed E-state index contributed by atoms with van der Waals surface area (Å²) in [4.78, 5) is 30.6. The predicted octanol–water partition coefficient (Wildman–Crippen LogP) is 4.49. The lowest BCUT2D eigenvalue weighted by atomic mass is 10.1. The number of nitrogens with zero attached hydrogens (tertiary/aromatic N) is 1. The molecule has 160 valence electrons. The third-order valence-electron chi connectivity index (χ3n) is 4.27. The molecule has 3 aromatic rings. The van der Waals surface area contributed by atoms with E-state index in [-0.39, 0.29) is 18.3 Å². The van der Waals surface area contributed by atoms with E-state index in [1.54, 1.807) is 6.92 Å². The molecule has 31 heavy (non-hydrogen) atoms. The number of rotatable bonds is 7. The number of anilines is 1. The molecule has 1 aliphatic heterocycles. The molecule has 1 amide bonds. The van der Waals surface area contributed by atoms with Gasteiger partial charge in [0.25, 0.3) is 0 Å². The number of hydrogen-bond acceptors (Lipinski definition) is 8.